The lowest BCUT2D eigenvalue weighted by atomic mass is 9.67. The first kappa shape index (κ1) is 10.3. The molecule has 1 aliphatic carbocycles. The Morgan fingerprint density at radius 1 is 1.54 bits per heavy atom. The second-order valence-corrected chi connectivity index (χ2v) is 3.78. The summed E-state index contributed by atoms with van der Waals surface area (Å²) < 4.78 is 0. The van der Waals surface area contributed by atoms with Gasteiger partial charge in [0.15, 0.2) is 0 Å². The summed E-state index contributed by atoms with van der Waals surface area (Å²) >= 11 is 0. The van der Waals surface area contributed by atoms with E-state index in [9.17, 15) is 0 Å². The molecule has 76 valence electrons. The van der Waals surface area contributed by atoms with Crippen molar-refractivity contribution in [1.82, 2.24) is 10.7 Å². The third-order valence-corrected chi connectivity index (χ3v) is 3.16. The number of nitrogens with zero attached hydrogens (tertiary/aromatic N) is 1. The molecule has 4 N–H and O–H groups in total. The van der Waals surface area contributed by atoms with Gasteiger partial charge in [-0.2, -0.15) is 0 Å². The van der Waals surface area contributed by atoms with E-state index in [1.54, 1.807) is 7.05 Å². The number of hydrogen-bond donors (Lipinski definition) is 3. The summed E-state index contributed by atoms with van der Waals surface area (Å²) in [6, 6.07) is 0. The third-order valence-electron chi connectivity index (χ3n) is 3.16. The molecule has 4 heteroatoms. The molecule has 0 bridgehead atoms. The second kappa shape index (κ2) is 4.46. The maximum absolute atomic E-state index is 5.27. The van der Waals surface area contributed by atoms with Crippen LogP contribution in [0.1, 0.15) is 32.6 Å². The number of nitrogens with two attached hydrogens (primary N) is 1. The molecule has 0 amide bonds. The van der Waals surface area contributed by atoms with Crippen molar-refractivity contribution in [2.75, 3.05) is 13.6 Å². The molecule has 0 aromatic carbocycles. The minimum Gasteiger partial charge on any atom is -0.355 e. The monoisotopic (exact) mass is 184 g/mol. The van der Waals surface area contributed by atoms with Crippen LogP contribution in [0.4, 0.5) is 0 Å². The predicted molar refractivity (Wildman–Crippen MR) is 55.3 cm³/mol. The summed E-state index contributed by atoms with van der Waals surface area (Å²) in [7, 11) is 1.72. The maximum atomic E-state index is 5.27. The van der Waals surface area contributed by atoms with Crippen molar-refractivity contribution in [3.63, 3.8) is 0 Å². The van der Waals surface area contributed by atoms with Crippen molar-refractivity contribution in [3.8, 4) is 0 Å². The molecule has 0 radical (unpaired) electrons. The average molecular weight is 184 g/mol. The highest BCUT2D eigenvalue weighted by atomic mass is 15.3. The Kier molecular flexibility index (Phi) is 3.54. The number of guanidine groups is 1. The van der Waals surface area contributed by atoms with Gasteiger partial charge in [0.2, 0.25) is 5.96 Å². The summed E-state index contributed by atoms with van der Waals surface area (Å²) in [5.41, 5.74) is 3.04. The number of nitrogens with one attached hydrogen (secondary N) is 2. The fraction of sp³-hybridized carbons (Fsp3) is 0.889. The molecule has 13 heavy (non-hydrogen) atoms. The lowest BCUT2D eigenvalue weighted by Gasteiger charge is -2.41. The summed E-state index contributed by atoms with van der Waals surface area (Å²) in [6.45, 7) is 3.24. The zero-order chi connectivity index (χ0) is 9.73. The predicted octanol–water partition coefficient (Wildman–Crippen LogP) is 0.605. The van der Waals surface area contributed by atoms with Crippen molar-refractivity contribution < 1.29 is 0 Å². The van der Waals surface area contributed by atoms with E-state index in [0.29, 0.717) is 11.4 Å². The minimum absolute atomic E-state index is 0.507. The van der Waals surface area contributed by atoms with Gasteiger partial charge in [0.1, 0.15) is 0 Å². The van der Waals surface area contributed by atoms with E-state index in [1.165, 1.54) is 25.7 Å². The normalized spacial score (nSPS) is 20.7. The number of rotatable bonds is 3. The van der Waals surface area contributed by atoms with Gasteiger partial charge in [0, 0.05) is 13.6 Å². The highest BCUT2D eigenvalue weighted by Crippen LogP contribution is 2.42. The summed E-state index contributed by atoms with van der Waals surface area (Å²) in [4.78, 5) is 3.97. The second-order valence-electron chi connectivity index (χ2n) is 3.78. The van der Waals surface area contributed by atoms with Crippen LogP contribution in [-0.2, 0) is 0 Å². The Morgan fingerprint density at radius 3 is 2.54 bits per heavy atom. The van der Waals surface area contributed by atoms with Crippen LogP contribution in [0.25, 0.3) is 0 Å². The van der Waals surface area contributed by atoms with Gasteiger partial charge in [-0.3, -0.25) is 10.4 Å². The van der Waals surface area contributed by atoms with E-state index in [0.717, 1.165) is 6.54 Å². The van der Waals surface area contributed by atoms with Crippen LogP contribution in [0.5, 0.6) is 0 Å². The van der Waals surface area contributed by atoms with Crippen molar-refractivity contribution >= 4 is 5.96 Å². The van der Waals surface area contributed by atoms with E-state index in [2.05, 4.69) is 22.7 Å². The number of hydrogen-bond acceptors (Lipinski definition) is 2. The van der Waals surface area contributed by atoms with Crippen LogP contribution in [-0.4, -0.2) is 19.6 Å². The minimum atomic E-state index is 0.507. The van der Waals surface area contributed by atoms with Gasteiger partial charge in [0.25, 0.3) is 0 Å². The van der Waals surface area contributed by atoms with Gasteiger partial charge in [-0.25, -0.2) is 5.84 Å². The van der Waals surface area contributed by atoms with Crippen LogP contribution in [0.3, 0.4) is 0 Å². The first-order chi connectivity index (χ1) is 6.26. The lowest BCUT2D eigenvalue weighted by Crippen LogP contribution is -2.48. The Balaban J connectivity index is 2.31. The first-order valence-corrected chi connectivity index (χ1v) is 4.93. The van der Waals surface area contributed by atoms with Crippen molar-refractivity contribution in [2.45, 2.75) is 32.6 Å². The van der Waals surface area contributed by atoms with E-state index in [1.807, 2.05) is 0 Å². The third kappa shape index (κ3) is 2.34. The number of hydrazine groups is 1. The zero-order valence-electron chi connectivity index (χ0n) is 8.56. The molecular weight excluding hydrogens is 164 g/mol. The standard InChI is InChI=1S/C9H20N4/c1-3-9(5-4-6-9)7-12-8(11-2)13-10/h3-7,10H2,1-2H3,(H2,11,12,13). The molecule has 0 unspecified atom stereocenters. The van der Waals surface area contributed by atoms with E-state index >= 15 is 0 Å². The Morgan fingerprint density at radius 2 is 2.23 bits per heavy atom. The molecule has 0 aromatic rings. The Labute approximate surface area is 80.0 Å². The van der Waals surface area contributed by atoms with Gasteiger partial charge in [-0.05, 0) is 24.7 Å². The molecule has 4 nitrogen and oxygen atoms in total. The van der Waals surface area contributed by atoms with Crippen LogP contribution in [0.15, 0.2) is 4.99 Å². The molecule has 0 spiro atoms. The van der Waals surface area contributed by atoms with Crippen molar-refractivity contribution in [1.29, 1.82) is 0 Å². The molecule has 1 saturated carbocycles. The largest absolute Gasteiger partial charge is 0.355 e. The molecule has 0 aliphatic heterocycles. The Hall–Kier alpha value is -0.770. The highest BCUT2D eigenvalue weighted by Gasteiger charge is 2.34. The number of aliphatic imine (C=N–C) groups is 1. The van der Waals surface area contributed by atoms with Crippen LogP contribution in [0, 0.1) is 5.41 Å². The molecule has 0 saturated heterocycles. The molecule has 1 fully saturated rings. The molecule has 0 aromatic heterocycles. The smallest absolute Gasteiger partial charge is 0.205 e. The van der Waals surface area contributed by atoms with Gasteiger partial charge >= 0.3 is 0 Å². The van der Waals surface area contributed by atoms with Crippen LogP contribution >= 0.6 is 0 Å². The Bertz CT molecular complexity index is 179. The lowest BCUT2D eigenvalue weighted by molar-refractivity contribution is 0.131. The average Bonchev–Trinajstić information content (AvgIpc) is 2.10. The quantitative estimate of drug-likeness (QED) is 0.260. The van der Waals surface area contributed by atoms with Gasteiger partial charge < -0.3 is 5.32 Å². The molecule has 1 rings (SSSR count). The van der Waals surface area contributed by atoms with Gasteiger partial charge in [-0.15, -0.1) is 0 Å². The molecule has 0 atom stereocenters. The van der Waals surface area contributed by atoms with E-state index < -0.39 is 0 Å². The van der Waals surface area contributed by atoms with Crippen LogP contribution < -0.4 is 16.6 Å². The topological polar surface area (TPSA) is 62.4 Å². The van der Waals surface area contributed by atoms with Crippen molar-refractivity contribution in [2.24, 2.45) is 16.3 Å². The first-order valence-electron chi connectivity index (χ1n) is 4.93. The highest BCUT2D eigenvalue weighted by molar-refractivity contribution is 5.78. The van der Waals surface area contributed by atoms with Gasteiger partial charge in [-0.1, -0.05) is 13.3 Å². The summed E-state index contributed by atoms with van der Waals surface area (Å²) in [5, 5.41) is 3.23. The molecule has 0 heterocycles. The maximum Gasteiger partial charge on any atom is 0.205 e. The fourth-order valence-electron chi connectivity index (χ4n) is 1.80. The molecular formula is C9H20N4. The summed E-state index contributed by atoms with van der Waals surface area (Å²) in [6.07, 6.45) is 5.27. The zero-order valence-corrected chi connectivity index (χ0v) is 8.56. The molecule has 1 aliphatic rings. The van der Waals surface area contributed by atoms with Crippen LogP contribution in [0.2, 0.25) is 0 Å². The van der Waals surface area contributed by atoms with Crippen molar-refractivity contribution in [3.05, 3.63) is 0 Å². The van der Waals surface area contributed by atoms with Gasteiger partial charge in [0.05, 0.1) is 0 Å². The fourth-order valence-corrected chi connectivity index (χ4v) is 1.80. The SMILES string of the molecule is CCC1(CNC(=NC)NN)CCC1. The van der Waals surface area contributed by atoms with E-state index in [-0.39, 0.29) is 0 Å². The van der Waals surface area contributed by atoms with E-state index in [4.69, 9.17) is 5.84 Å². The summed E-state index contributed by atoms with van der Waals surface area (Å²) in [5.74, 6) is 5.95.